The number of carboxylic acids is 1. The number of carboxylic acid groups (broad SMARTS) is 1. The quantitative estimate of drug-likeness (QED) is 0.413. The van der Waals surface area contributed by atoms with Gasteiger partial charge in [0.2, 0.25) is 24.4 Å². The highest BCUT2D eigenvalue weighted by Crippen LogP contribution is 2.47. The molecule has 1 N–H and O–H groups in total. The Bertz CT molecular complexity index is 1260. The van der Waals surface area contributed by atoms with E-state index in [4.69, 9.17) is 14.2 Å². The zero-order valence-electron chi connectivity index (χ0n) is 23.7. The first-order chi connectivity index (χ1) is 19.9. The summed E-state index contributed by atoms with van der Waals surface area (Å²) >= 11 is 0. The monoisotopic (exact) mass is 566 g/mol. The van der Waals surface area contributed by atoms with E-state index in [-0.39, 0.29) is 25.2 Å². The summed E-state index contributed by atoms with van der Waals surface area (Å²) in [5, 5.41) is 10.5. The maximum Gasteiger partial charge on any atom is 0.308 e. The van der Waals surface area contributed by atoms with Crippen molar-refractivity contribution in [3.63, 3.8) is 0 Å². The standard InChI is InChI=1S/C30H38N4O7/c1-3-4-12-34(21-7-5-10-31-16-21)27(36)18-33-17-22(20-14-24(39-2)29-25(15-20)40-19-41-29)28(30(37)38)23(33)9-13-32-11-6-8-26(32)35/h5,7,10,14-16,22-23,28H,3-4,6,8-9,11-13,17-19H2,1-2H3,(H,37,38). The van der Waals surface area contributed by atoms with Crippen LogP contribution in [0.4, 0.5) is 5.69 Å². The van der Waals surface area contributed by atoms with Crippen LogP contribution in [0, 0.1) is 5.92 Å². The predicted octanol–water partition coefficient (Wildman–Crippen LogP) is 3.13. The molecule has 41 heavy (non-hydrogen) atoms. The highest BCUT2D eigenvalue weighted by molar-refractivity contribution is 5.94. The van der Waals surface area contributed by atoms with Gasteiger partial charge in [0.05, 0.1) is 31.5 Å². The van der Waals surface area contributed by atoms with Gasteiger partial charge in [-0.25, -0.2) is 0 Å². The molecule has 4 heterocycles. The minimum Gasteiger partial charge on any atom is -0.493 e. The molecule has 3 aliphatic heterocycles. The number of carbonyl (C=O) groups is 3. The van der Waals surface area contributed by atoms with Crippen LogP contribution in [0.25, 0.3) is 0 Å². The Labute approximate surface area is 240 Å². The largest absolute Gasteiger partial charge is 0.493 e. The molecule has 1 aromatic carbocycles. The number of methoxy groups -OCH3 is 1. The van der Waals surface area contributed by atoms with Gasteiger partial charge in [0, 0.05) is 50.8 Å². The molecule has 11 nitrogen and oxygen atoms in total. The third-order valence-corrected chi connectivity index (χ3v) is 8.34. The van der Waals surface area contributed by atoms with Gasteiger partial charge in [-0.1, -0.05) is 13.3 Å². The number of amides is 2. The zero-order valence-corrected chi connectivity index (χ0v) is 23.7. The lowest BCUT2D eigenvalue weighted by Crippen LogP contribution is -2.45. The second kappa shape index (κ2) is 12.8. The van der Waals surface area contributed by atoms with Crippen molar-refractivity contribution in [3.05, 3.63) is 42.2 Å². The van der Waals surface area contributed by atoms with E-state index >= 15 is 0 Å². The molecular weight excluding hydrogens is 528 g/mol. The smallest absolute Gasteiger partial charge is 0.308 e. The molecule has 0 saturated carbocycles. The number of anilines is 1. The van der Waals surface area contributed by atoms with Gasteiger partial charge in [0.25, 0.3) is 0 Å². The Morgan fingerprint density at radius 2 is 2.12 bits per heavy atom. The summed E-state index contributed by atoms with van der Waals surface area (Å²) in [6.45, 7) is 4.24. The fourth-order valence-corrected chi connectivity index (χ4v) is 6.27. The lowest BCUT2D eigenvalue weighted by Gasteiger charge is -2.30. The van der Waals surface area contributed by atoms with Crippen LogP contribution < -0.4 is 19.1 Å². The van der Waals surface area contributed by atoms with E-state index in [9.17, 15) is 19.5 Å². The number of fused-ring (bicyclic) bond motifs is 1. The van der Waals surface area contributed by atoms with Crippen LogP contribution >= 0.6 is 0 Å². The van der Waals surface area contributed by atoms with Crippen LogP contribution in [-0.4, -0.2) is 90.3 Å². The highest BCUT2D eigenvalue weighted by Gasteiger charge is 2.48. The van der Waals surface area contributed by atoms with Gasteiger partial charge < -0.3 is 29.1 Å². The van der Waals surface area contributed by atoms with Gasteiger partial charge in [-0.05, 0) is 49.1 Å². The van der Waals surface area contributed by atoms with Crippen LogP contribution in [0.5, 0.6) is 17.2 Å². The summed E-state index contributed by atoms with van der Waals surface area (Å²) in [5.74, 6) is -0.679. The molecule has 1 aromatic heterocycles. The molecule has 0 aliphatic carbocycles. The summed E-state index contributed by atoms with van der Waals surface area (Å²) in [6.07, 6.45) is 6.89. The third-order valence-electron chi connectivity index (χ3n) is 8.34. The Hall–Kier alpha value is -3.86. The van der Waals surface area contributed by atoms with Crippen LogP contribution in [-0.2, 0) is 14.4 Å². The fourth-order valence-electron chi connectivity index (χ4n) is 6.27. The van der Waals surface area contributed by atoms with Crippen LogP contribution in [0.1, 0.15) is 50.5 Å². The maximum atomic E-state index is 13.8. The number of rotatable bonds is 12. The number of ether oxygens (including phenoxy) is 3. The van der Waals surface area contributed by atoms with Crippen molar-refractivity contribution in [2.24, 2.45) is 5.92 Å². The second-order valence-corrected chi connectivity index (χ2v) is 10.8. The summed E-state index contributed by atoms with van der Waals surface area (Å²) in [5.41, 5.74) is 1.47. The molecule has 0 spiro atoms. The maximum absolute atomic E-state index is 13.8. The van der Waals surface area contributed by atoms with Crippen molar-refractivity contribution in [2.45, 2.75) is 51.0 Å². The van der Waals surface area contributed by atoms with Gasteiger partial charge in [0.15, 0.2) is 11.5 Å². The van der Waals surface area contributed by atoms with E-state index in [1.165, 1.54) is 7.11 Å². The Kier molecular flexibility index (Phi) is 8.92. The number of aliphatic carboxylic acids is 1. The minimum absolute atomic E-state index is 0.0548. The number of unbranched alkanes of at least 4 members (excludes halogenated alkanes) is 1. The number of likely N-dealkylation sites (tertiary alicyclic amines) is 2. The topological polar surface area (TPSA) is 122 Å². The predicted molar refractivity (Wildman–Crippen MR) is 150 cm³/mol. The normalized spacial score (nSPS) is 21.9. The van der Waals surface area contributed by atoms with E-state index in [1.54, 1.807) is 28.3 Å². The highest BCUT2D eigenvalue weighted by atomic mass is 16.7. The summed E-state index contributed by atoms with van der Waals surface area (Å²) < 4.78 is 16.7. The number of benzene rings is 1. The minimum atomic E-state index is -0.936. The van der Waals surface area contributed by atoms with E-state index in [0.29, 0.717) is 56.3 Å². The first-order valence-corrected chi connectivity index (χ1v) is 14.3. The van der Waals surface area contributed by atoms with Gasteiger partial charge >= 0.3 is 5.97 Å². The molecule has 2 amide bonds. The molecule has 3 aliphatic rings. The molecule has 3 atom stereocenters. The number of nitrogens with zero attached hydrogens (tertiary/aromatic N) is 4. The van der Waals surface area contributed by atoms with Crippen molar-refractivity contribution < 1.29 is 33.7 Å². The van der Waals surface area contributed by atoms with Crippen molar-refractivity contribution in [2.75, 3.05) is 51.5 Å². The number of hydrogen-bond donors (Lipinski definition) is 1. The van der Waals surface area contributed by atoms with Gasteiger partial charge in [-0.3, -0.25) is 24.3 Å². The van der Waals surface area contributed by atoms with E-state index in [0.717, 1.165) is 30.5 Å². The molecule has 2 saturated heterocycles. The number of pyridine rings is 1. The van der Waals surface area contributed by atoms with Crippen LogP contribution in [0.15, 0.2) is 36.7 Å². The van der Waals surface area contributed by atoms with Crippen molar-refractivity contribution in [1.29, 1.82) is 0 Å². The first kappa shape index (κ1) is 28.7. The molecule has 2 aromatic rings. The molecule has 2 fully saturated rings. The molecule has 11 heteroatoms. The Morgan fingerprint density at radius 1 is 1.27 bits per heavy atom. The van der Waals surface area contributed by atoms with Gasteiger partial charge in [0.1, 0.15) is 0 Å². The lowest BCUT2D eigenvalue weighted by atomic mass is 9.84. The molecule has 0 radical (unpaired) electrons. The van der Waals surface area contributed by atoms with Gasteiger partial charge in [-0.15, -0.1) is 0 Å². The Morgan fingerprint density at radius 3 is 2.80 bits per heavy atom. The van der Waals surface area contributed by atoms with Gasteiger partial charge in [-0.2, -0.15) is 0 Å². The second-order valence-electron chi connectivity index (χ2n) is 10.8. The fraction of sp³-hybridized carbons (Fsp3) is 0.533. The van der Waals surface area contributed by atoms with Crippen molar-refractivity contribution >= 4 is 23.5 Å². The Balaban J connectivity index is 1.45. The van der Waals surface area contributed by atoms with Crippen LogP contribution in [0.2, 0.25) is 0 Å². The summed E-state index contributed by atoms with van der Waals surface area (Å²) in [4.78, 5) is 48.8. The number of carbonyl (C=O) groups excluding carboxylic acids is 2. The SMILES string of the molecule is CCCCN(C(=O)CN1CC(c2cc(OC)c3c(c2)OCO3)C(C(=O)O)C1CCN1CCCC1=O)c1cccnc1. The third kappa shape index (κ3) is 6.09. The van der Waals surface area contributed by atoms with Crippen molar-refractivity contribution in [3.8, 4) is 17.2 Å². The van der Waals surface area contributed by atoms with E-state index in [1.807, 2.05) is 23.1 Å². The first-order valence-electron chi connectivity index (χ1n) is 14.3. The average Bonchev–Trinajstić information content (AvgIpc) is 3.70. The molecule has 3 unspecified atom stereocenters. The number of hydrogen-bond acceptors (Lipinski definition) is 8. The zero-order chi connectivity index (χ0) is 28.9. The average molecular weight is 567 g/mol. The van der Waals surface area contributed by atoms with Crippen molar-refractivity contribution in [1.82, 2.24) is 14.8 Å². The number of aromatic nitrogens is 1. The van der Waals surface area contributed by atoms with E-state index < -0.39 is 23.8 Å². The summed E-state index contributed by atoms with van der Waals surface area (Å²) in [7, 11) is 1.54. The lowest BCUT2D eigenvalue weighted by molar-refractivity contribution is -0.143. The summed E-state index contributed by atoms with van der Waals surface area (Å²) in [6, 6.07) is 6.85. The van der Waals surface area contributed by atoms with E-state index in [2.05, 4.69) is 11.9 Å². The molecule has 220 valence electrons. The molecule has 0 bridgehead atoms. The van der Waals surface area contributed by atoms with Crippen LogP contribution in [0.3, 0.4) is 0 Å². The molecule has 5 rings (SSSR count). The molecular formula is C30H38N4O7.